The van der Waals surface area contributed by atoms with Crippen molar-refractivity contribution >= 4 is 5.69 Å². The zero-order chi connectivity index (χ0) is 9.10. The van der Waals surface area contributed by atoms with Crippen LogP contribution in [0.2, 0.25) is 0 Å². The molecule has 0 aliphatic carbocycles. The third-order valence-corrected chi connectivity index (χ3v) is 2.29. The summed E-state index contributed by atoms with van der Waals surface area (Å²) >= 11 is 0. The van der Waals surface area contributed by atoms with Crippen LogP contribution in [-0.4, -0.2) is 23.2 Å². The Kier molecular flexibility index (Phi) is 2.36. The summed E-state index contributed by atoms with van der Waals surface area (Å²) < 4.78 is 0. The Balaban J connectivity index is 2.04. The monoisotopic (exact) mass is 178 g/mol. The largest absolute Gasteiger partial charge is 0.506 e. The van der Waals surface area contributed by atoms with Crippen LogP contribution >= 0.6 is 0 Å². The SMILES string of the molecule is Oc1ccccc1NN1CCCC1. The van der Waals surface area contributed by atoms with Crippen molar-refractivity contribution in [1.82, 2.24) is 5.01 Å². The van der Waals surface area contributed by atoms with Gasteiger partial charge in [-0.05, 0) is 25.0 Å². The highest BCUT2D eigenvalue weighted by molar-refractivity contribution is 5.54. The third kappa shape index (κ3) is 1.92. The molecule has 13 heavy (non-hydrogen) atoms. The van der Waals surface area contributed by atoms with Crippen molar-refractivity contribution in [2.75, 3.05) is 18.5 Å². The van der Waals surface area contributed by atoms with Gasteiger partial charge in [-0.25, -0.2) is 5.01 Å². The van der Waals surface area contributed by atoms with Crippen LogP contribution in [0.15, 0.2) is 24.3 Å². The molecule has 0 bridgehead atoms. The van der Waals surface area contributed by atoms with E-state index in [-0.39, 0.29) is 0 Å². The number of phenols is 1. The van der Waals surface area contributed by atoms with E-state index in [1.54, 1.807) is 6.07 Å². The number of hydrogen-bond donors (Lipinski definition) is 2. The molecule has 1 aliphatic heterocycles. The minimum atomic E-state index is 0.314. The maximum Gasteiger partial charge on any atom is 0.140 e. The van der Waals surface area contributed by atoms with Gasteiger partial charge in [0.25, 0.3) is 0 Å². The maximum atomic E-state index is 9.48. The van der Waals surface area contributed by atoms with Gasteiger partial charge >= 0.3 is 0 Å². The molecular formula is C10H14N2O. The van der Waals surface area contributed by atoms with Gasteiger partial charge in [0, 0.05) is 13.1 Å². The Bertz CT molecular complexity index is 282. The van der Waals surface area contributed by atoms with Crippen LogP contribution in [0.1, 0.15) is 12.8 Å². The molecule has 1 fully saturated rings. The zero-order valence-electron chi connectivity index (χ0n) is 7.53. The molecule has 1 aliphatic rings. The molecule has 1 saturated heterocycles. The molecule has 0 aromatic heterocycles. The quantitative estimate of drug-likeness (QED) is 0.678. The van der Waals surface area contributed by atoms with Crippen LogP contribution in [0.25, 0.3) is 0 Å². The highest BCUT2D eigenvalue weighted by Crippen LogP contribution is 2.23. The fourth-order valence-corrected chi connectivity index (χ4v) is 1.57. The van der Waals surface area contributed by atoms with Crippen LogP contribution in [0.4, 0.5) is 5.69 Å². The summed E-state index contributed by atoms with van der Waals surface area (Å²) in [6.45, 7) is 2.13. The average molecular weight is 178 g/mol. The van der Waals surface area contributed by atoms with Crippen molar-refractivity contribution in [2.45, 2.75) is 12.8 Å². The molecule has 0 unspecified atom stereocenters. The molecule has 0 saturated carbocycles. The van der Waals surface area contributed by atoms with Crippen molar-refractivity contribution in [3.8, 4) is 5.75 Å². The Hall–Kier alpha value is -1.22. The van der Waals surface area contributed by atoms with Gasteiger partial charge in [-0.3, -0.25) is 0 Å². The first-order chi connectivity index (χ1) is 6.36. The number of benzene rings is 1. The van der Waals surface area contributed by atoms with E-state index in [1.807, 2.05) is 18.2 Å². The molecule has 2 N–H and O–H groups in total. The second kappa shape index (κ2) is 3.66. The summed E-state index contributed by atoms with van der Waals surface area (Å²) in [6, 6.07) is 7.31. The summed E-state index contributed by atoms with van der Waals surface area (Å²) in [6.07, 6.45) is 2.47. The molecule has 70 valence electrons. The number of hydrazine groups is 1. The summed E-state index contributed by atoms with van der Waals surface area (Å²) in [5.74, 6) is 0.314. The topological polar surface area (TPSA) is 35.5 Å². The fraction of sp³-hybridized carbons (Fsp3) is 0.400. The Labute approximate surface area is 78.0 Å². The second-order valence-electron chi connectivity index (χ2n) is 3.32. The molecule has 1 heterocycles. The van der Waals surface area contributed by atoms with E-state index in [0.29, 0.717) is 5.75 Å². The minimum Gasteiger partial charge on any atom is -0.506 e. The van der Waals surface area contributed by atoms with E-state index in [0.717, 1.165) is 18.8 Å². The molecule has 3 nitrogen and oxygen atoms in total. The first kappa shape index (κ1) is 8.38. The smallest absolute Gasteiger partial charge is 0.140 e. The van der Waals surface area contributed by atoms with Gasteiger partial charge in [0.1, 0.15) is 5.75 Å². The average Bonchev–Trinajstić information content (AvgIpc) is 2.61. The van der Waals surface area contributed by atoms with Crippen LogP contribution < -0.4 is 5.43 Å². The van der Waals surface area contributed by atoms with Crippen LogP contribution in [0.5, 0.6) is 5.75 Å². The lowest BCUT2D eigenvalue weighted by Gasteiger charge is -2.18. The van der Waals surface area contributed by atoms with E-state index in [4.69, 9.17) is 0 Å². The van der Waals surface area contributed by atoms with E-state index >= 15 is 0 Å². The van der Waals surface area contributed by atoms with Crippen molar-refractivity contribution in [2.24, 2.45) is 0 Å². The molecule has 3 heteroatoms. The maximum absolute atomic E-state index is 9.48. The molecule has 2 rings (SSSR count). The Morgan fingerprint density at radius 3 is 2.54 bits per heavy atom. The lowest BCUT2D eigenvalue weighted by molar-refractivity contribution is 0.403. The highest BCUT2D eigenvalue weighted by Gasteiger charge is 2.11. The standard InChI is InChI=1S/C10H14N2O/c13-10-6-2-1-5-9(10)11-12-7-3-4-8-12/h1-2,5-6,11,13H,3-4,7-8H2. The van der Waals surface area contributed by atoms with Crippen molar-refractivity contribution < 1.29 is 5.11 Å². The lowest BCUT2D eigenvalue weighted by atomic mass is 10.3. The van der Waals surface area contributed by atoms with Gasteiger partial charge in [-0.1, -0.05) is 12.1 Å². The predicted molar refractivity (Wildman–Crippen MR) is 52.5 cm³/mol. The number of hydrogen-bond acceptors (Lipinski definition) is 3. The van der Waals surface area contributed by atoms with Gasteiger partial charge in [-0.15, -0.1) is 0 Å². The van der Waals surface area contributed by atoms with Gasteiger partial charge in [0.15, 0.2) is 0 Å². The van der Waals surface area contributed by atoms with Crippen molar-refractivity contribution in [3.63, 3.8) is 0 Å². The van der Waals surface area contributed by atoms with Gasteiger partial charge in [0.05, 0.1) is 5.69 Å². The van der Waals surface area contributed by atoms with Crippen molar-refractivity contribution in [1.29, 1.82) is 0 Å². The normalized spacial score (nSPS) is 17.5. The summed E-state index contributed by atoms with van der Waals surface area (Å²) in [7, 11) is 0. The lowest BCUT2D eigenvalue weighted by Crippen LogP contribution is -2.26. The molecule has 1 aromatic rings. The number of aromatic hydroxyl groups is 1. The van der Waals surface area contributed by atoms with Crippen LogP contribution in [0.3, 0.4) is 0 Å². The molecule has 0 spiro atoms. The first-order valence-electron chi connectivity index (χ1n) is 4.66. The molecule has 1 aromatic carbocycles. The first-order valence-corrected chi connectivity index (χ1v) is 4.66. The van der Waals surface area contributed by atoms with Crippen molar-refractivity contribution in [3.05, 3.63) is 24.3 Å². The van der Waals surface area contributed by atoms with E-state index in [1.165, 1.54) is 12.8 Å². The number of phenolic OH excluding ortho intramolecular Hbond substituents is 1. The zero-order valence-corrected chi connectivity index (χ0v) is 7.53. The third-order valence-electron chi connectivity index (χ3n) is 2.29. The number of nitrogens with zero attached hydrogens (tertiary/aromatic N) is 1. The summed E-state index contributed by atoms with van der Waals surface area (Å²) in [5.41, 5.74) is 3.99. The predicted octanol–water partition coefficient (Wildman–Crippen LogP) is 1.81. The molecule has 0 radical (unpaired) electrons. The van der Waals surface area contributed by atoms with E-state index in [9.17, 15) is 5.11 Å². The number of nitrogens with one attached hydrogen (secondary N) is 1. The molecular weight excluding hydrogens is 164 g/mol. The fourth-order valence-electron chi connectivity index (χ4n) is 1.57. The molecule has 0 atom stereocenters. The second-order valence-corrected chi connectivity index (χ2v) is 3.32. The minimum absolute atomic E-state index is 0.314. The Morgan fingerprint density at radius 2 is 1.85 bits per heavy atom. The van der Waals surface area contributed by atoms with E-state index < -0.39 is 0 Å². The summed E-state index contributed by atoms with van der Waals surface area (Å²) in [4.78, 5) is 0. The van der Waals surface area contributed by atoms with Gasteiger partial charge in [-0.2, -0.15) is 0 Å². The van der Waals surface area contributed by atoms with Gasteiger partial charge in [0.2, 0.25) is 0 Å². The van der Waals surface area contributed by atoms with Crippen LogP contribution in [0, 0.1) is 0 Å². The van der Waals surface area contributed by atoms with Crippen LogP contribution in [-0.2, 0) is 0 Å². The molecule has 0 amide bonds. The number of anilines is 1. The van der Waals surface area contributed by atoms with E-state index in [2.05, 4.69) is 10.4 Å². The number of rotatable bonds is 2. The van der Waals surface area contributed by atoms with Gasteiger partial charge < -0.3 is 10.5 Å². The highest BCUT2D eigenvalue weighted by atomic mass is 16.3. The Morgan fingerprint density at radius 1 is 1.15 bits per heavy atom. The number of para-hydroxylation sites is 2. The summed E-state index contributed by atoms with van der Waals surface area (Å²) in [5, 5.41) is 11.6.